The van der Waals surface area contributed by atoms with Crippen LogP contribution in [0.1, 0.15) is 219 Å². The second-order valence-corrected chi connectivity index (χ2v) is 18.9. The summed E-state index contributed by atoms with van der Waals surface area (Å²) in [6, 6.07) is 0. The molecule has 2 saturated heterocycles. The van der Waals surface area contributed by atoms with Gasteiger partial charge in [0, 0.05) is 13.1 Å². The Morgan fingerprint density at radius 3 is 1.00 bits per heavy atom. The molecule has 0 amide bonds. The van der Waals surface area contributed by atoms with E-state index in [1.165, 1.54) is 154 Å². The Balaban J connectivity index is 1.91. The normalized spacial score (nSPS) is 15.3. The number of unbranched alkanes of at least 4 members (excludes halogenated alkanes) is 24. The zero-order valence-electron chi connectivity index (χ0n) is 40.0. The minimum atomic E-state index is -1.47. The summed E-state index contributed by atoms with van der Waals surface area (Å²) in [4.78, 5) is 32.6. The number of hydrogen-bond acceptors (Lipinski definition) is 10. The number of esters is 2. The molecule has 2 unspecified atom stereocenters. The molecule has 2 atom stereocenters. The quantitative estimate of drug-likeness (QED) is 0.0347. The van der Waals surface area contributed by atoms with E-state index in [9.17, 15) is 9.59 Å². The van der Waals surface area contributed by atoms with Crippen molar-refractivity contribution in [2.75, 3.05) is 65.6 Å². The van der Waals surface area contributed by atoms with Crippen molar-refractivity contribution in [1.82, 2.24) is 20.4 Å². The van der Waals surface area contributed by atoms with Crippen LogP contribution in [-0.2, 0) is 28.5 Å². The minimum Gasteiger partial charge on any atom is -0.463 e. The predicted octanol–water partition coefficient (Wildman–Crippen LogP) is 11.7. The lowest BCUT2D eigenvalue weighted by molar-refractivity contribution is -0.170. The number of carbonyl (C=O) groups is 2. The molecule has 2 aliphatic heterocycles. The van der Waals surface area contributed by atoms with Crippen LogP contribution in [0.2, 0.25) is 0 Å². The molecule has 0 radical (unpaired) electrons. The zero-order valence-corrected chi connectivity index (χ0v) is 41.6. The molecule has 10 nitrogen and oxygen atoms in total. The summed E-state index contributed by atoms with van der Waals surface area (Å²) in [5.74, 6) is -1.41. The highest BCUT2D eigenvalue weighted by atomic mass is 32.1. The summed E-state index contributed by atoms with van der Waals surface area (Å²) in [6.07, 6.45) is 35.7. The van der Waals surface area contributed by atoms with Crippen molar-refractivity contribution in [2.45, 2.75) is 232 Å². The number of nitrogens with one attached hydrogen (secondary N) is 2. The van der Waals surface area contributed by atoms with E-state index in [4.69, 9.17) is 43.4 Å². The van der Waals surface area contributed by atoms with Crippen molar-refractivity contribution in [3.05, 3.63) is 0 Å². The SMILES string of the molecule is CCCCCCCCCCCCCCCOC(=O)C(OC(=S)NCCCN1CCCC1)C(OC(=S)NCCCN1CCCC1)C(=O)OCCCCCCCCCCCCCCC. The monoisotopic (exact) mass is 911 g/mol. The topological polar surface area (TPSA) is 102 Å². The second kappa shape index (κ2) is 40.7. The molecule has 0 spiro atoms. The molecule has 12 heteroatoms. The molecule has 0 saturated carbocycles. The Morgan fingerprint density at radius 2 is 0.710 bits per heavy atom. The summed E-state index contributed by atoms with van der Waals surface area (Å²) in [7, 11) is 0. The van der Waals surface area contributed by atoms with E-state index in [1.54, 1.807) is 0 Å². The van der Waals surface area contributed by atoms with Gasteiger partial charge in [-0.1, -0.05) is 168 Å². The number of nitrogens with zero attached hydrogens (tertiary/aromatic N) is 2. The van der Waals surface area contributed by atoms with Gasteiger partial charge in [-0.25, -0.2) is 9.59 Å². The van der Waals surface area contributed by atoms with Gasteiger partial charge in [0.05, 0.1) is 13.2 Å². The molecule has 0 aliphatic carbocycles. The largest absolute Gasteiger partial charge is 0.463 e. The lowest BCUT2D eigenvalue weighted by atomic mass is 10.0. The van der Waals surface area contributed by atoms with Crippen molar-refractivity contribution < 1.29 is 28.5 Å². The first-order chi connectivity index (χ1) is 30.4. The molecule has 0 aromatic rings. The number of thiocarbonyl (C=S) groups is 2. The fourth-order valence-corrected chi connectivity index (χ4v) is 8.94. The summed E-state index contributed by atoms with van der Waals surface area (Å²) in [5.41, 5.74) is 0. The third-order valence-electron chi connectivity index (χ3n) is 12.4. The van der Waals surface area contributed by atoms with Crippen LogP contribution in [0.5, 0.6) is 0 Å². The van der Waals surface area contributed by atoms with E-state index in [2.05, 4.69) is 34.3 Å². The number of hydrogen-bond donors (Lipinski definition) is 2. The van der Waals surface area contributed by atoms with E-state index >= 15 is 0 Å². The highest BCUT2D eigenvalue weighted by molar-refractivity contribution is 7.80. The molecular weight excluding hydrogens is 817 g/mol. The standard InChI is InChI=1S/C50H94N4O6S2/c1-3-5-7-9-11-13-15-17-19-21-23-25-31-43-57-47(55)45(59-49(61)51-35-33-41-53-37-27-28-38-53)46(60-50(62)52-36-34-42-54-39-29-30-40-54)48(56)58-44-32-26-24-22-20-18-16-14-12-10-8-6-4-2/h45-46H,3-44H2,1-2H3,(H,51,61)(H,52,62). The molecule has 0 aromatic carbocycles. The number of rotatable bonds is 41. The molecule has 2 rings (SSSR count). The van der Waals surface area contributed by atoms with Crippen LogP contribution in [0.15, 0.2) is 0 Å². The number of ether oxygens (including phenoxy) is 4. The third kappa shape index (κ3) is 31.2. The van der Waals surface area contributed by atoms with E-state index in [-0.39, 0.29) is 23.6 Å². The van der Waals surface area contributed by atoms with Gasteiger partial charge in [0.2, 0.25) is 12.2 Å². The fourth-order valence-electron chi connectivity index (χ4n) is 8.53. The van der Waals surface area contributed by atoms with Gasteiger partial charge in [-0.3, -0.25) is 0 Å². The summed E-state index contributed by atoms with van der Waals surface area (Å²) in [6.45, 7) is 12.6. The average Bonchev–Trinajstić information content (AvgIpc) is 4.01. The Morgan fingerprint density at radius 1 is 0.435 bits per heavy atom. The lowest BCUT2D eigenvalue weighted by Gasteiger charge is -2.26. The first-order valence-corrected chi connectivity index (χ1v) is 26.9. The van der Waals surface area contributed by atoms with E-state index in [0.717, 1.165) is 90.6 Å². The molecule has 2 heterocycles. The van der Waals surface area contributed by atoms with Gasteiger partial charge in [0.15, 0.2) is 0 Å². The molecule has 62 heavy (non-hydrogen) atoms. The lowest BCUT2D eigenvalue weighted by Crippen LogP contribution is -2.50. The van der Waals surface area contributed by atoms with Crippen molar-refractivity contribution >= 4 is 46.7 Å². The van der Waals surface area contributed by atoms with Crippen molar-refractivity contribution in [2.24, 2.45) is 0 Å². The molecule has 2 aliphatic rings. The number of likely N-dealkylation sites (tertiary alicyclic amines) is 2. The highest BCUT2D eigenvalue weighted by Crippen LogP contribution is 2.17. The number of carbonyl (C=O) groups excluding carboxylic acids is 2. The van der Waals surface area contributed by atoms with Gasteiger partial charge in [-0.15, -0.1) is 0 Å². The molecule has 362 valence electrons. The average molecular weight is 911 g/mol. The van der Waals surface area contributed by atoms with Crippen LogP contribution in [0.4, 0.5) is 0 Å². The van der Waals surface area contributed by atoms with Crippen LogP contribution < -0.4 is 10.6 Å². The summed E-state index contributed by atoms with van der Waals surface area (Å²) in [5, 5.41) is 6.33. The molecule has 2 N–H and O–H groups in total. The first-order valence-electron chi connectivity index (χ1n) is 26.1. The Kier molecular flexibility index (Phi) is 37.0. The maximum absolute atomic E-state index is 13.8. The highest BCUT2D eigenvalue weighted by Gasteiger charge is 2.42. The molecule has 2 fully saturated rings. The van der Waals surface area contributed by atoms with Crippen molar-refractivity contribution in [1.29, 1.82) is 0 Å². The Bertz CT molecular complexity index is 1020. The van der Waals surface area contributed by atoms with Gasteiger partial charge in [-0.05, 0) is 115 Å². The van der Waals surface area contributed by atoms with Crippen molar-refractivity contribution in [3.8, 4) is 0 Å². The van der Waals surface area contributed by atoms with Crippen LogP contribution in [0, 0.1) is 0 Å². The molecule has 0 aromatic heterocycles. The summed E-state index contributed by atoms with van der Waals surface area (Å²) >= 11 is 11.2. The predicted molar refractivity (Wildman–Crippen MR) is 265 cm³/mol. The zero-order chi connectivity index (χ0) is 44.6. The van der Waals surface area contributed by atoms with Gasteiger partial charge in [0.25, 0.3) is 10.3 Å². The Labute approximate surface area is 391 Å². The van der Waals surface area contributed by atoms with Crippen LogP contribution in [0.3, 0.4) is 0 Å². The second-order valence-electron chi connectivity index (χ2n) is 18.1. The summed E-state index contributed by atoms with van der Waals surface area (Å²) < 4.78 is 23.7. The Hall–Kier alpha value is -1.76. The minimum absolute atomic E-state index is 0.0247. The van der Waals surface area contributed by atoms with Gasteiger partial charge in [0.1, 0.15) is 0 Å². The fraction of sp³-hybridized carbons (Fsp3) is 0.920. The van der Waals surface area contributed by atoms with Gasteiger partial charge >= 0.3 is 11.9 Å². The van der Waals surface area contributed by atoms with E-state index < -0.39 is 24.1 Å². The van der Waals surface area contributed by atoms with E-state index in [0.29, 0.717) is 13.1 Å². The van der Waals surface area contributed by atoms with Crippen LogP contribution in [-0.4, -0.2) is 110 Å². The van der Waals surface area contributed by atoms with Crippen molar-refractivity contribution in [3.63, 3.8) is 0 Å². The van der Waals surface area contributed by atoms with Crippen LogP contribution >= 0.6 is 24.4 Å². The van der Waals surface area contributed by atoms with Gasteiger partial charge in [-0.2, -0.15) is 0 Å². The maximum Gasteiger partial charge on any atom is 0.352 e. The van der Waals surface area contributed by atoms with Crippen LogP contribution in [0.25, 0.3) is 0 Å². The maximum atomic E-state index is 13.8. The first kappa shape index (κ1) is 56.4. The third-order valence-corrected chi connectivity index (χ3v) is 12.9. The van der Waals surface area contributed by atoms with E-state index in [1.807, 2.05) is 0 Å². The molecule has 0 bridgehead atoms. The molecular formula is C50H94N4O6S2. The van der Waals surface area contributed by atoms with Gasteiger partial charge < -0.3 is 39.4 Å². The smallest absolute Gasteiger partial charge is 0.352 e.